The fourth-order valence-corrected chi connectivity index (χ4v) is 3.13. The summed E-state index contributed by atoms with van der Waals surface area (Å²) in [5, 5.41) is 0. The standard InChI is InChI=1S/C14H23NO5/c1-4-19-8-13(16)15-9(2)5-6-11-10(15)7-12(20-11)14(17)18-3/h9-12H,4-8H2,1-3H3/t9-,10-,11+,12+/m1/s1. The maximum Gasteiger partial charge on any atom is 0.335 e. The molecule has 114 valence electrons. The monoisotopic (exact) mass is 285 g/mol. The van der Waals surface area contributed by atoms with E-state index in [-0.39, 0.29) is 36.7 Å². The van der Waals surface area contributed by atoms with Crippen LogP contribution in [0.25, 0.3) is 0 Å². The Bertz CT molecular complexity index is 373. The Morgan fingerprint density at radius 3 is 2.75 bits per heavy atom. The fraction of sp³-hybridized carbons (Fsp3) is 0.857. The van der Waals surface area contributed by atoms with Gasteiger partial charge in [-0.3, -0.25) is 4.79 Å². The predicted molar refractivity (Wildman–Crippen MR) is 71.1 cm³/mol. The molecule has 2 fully saturated rings. The topological polar surface area (TPSA) is 65.1 Å². The molecule has 2 heterocycles. The molecule has 0 aromatic rings. The fourth-order valence-electron chi connectivity index (χ4n) is 3.13. The third-order valence-corrected chi connectivity index (χ3v) is 4.11. The van der Waals surface area contributed by atoms with E-state index in [2.05, 4.69) is 0 Å². The van der Waals surface area contributed by atoms with E-state index < -0.39 is 6.10 Å². The number of rotatable bonds is 4. The van der Waals surface area contributed by atoms with Crippen LogP contribution in [-0.4, -0.2) is 61.4 Å². The summed E-state index contributed by atoms with van der Waals surface area (Å²) in [6.07, 6.45) is 1.65. The minimum absolute atomic E-state index is 0.0248. The zero-order chi connectivity index (χ0) is 14.7. The Balaban J connectivity index is 2.06. The van der Waals surface area contributed by atoms with Crippen molar-refractivity contribution in [3.8, 4) is 0 Å². The largest absolute Gasteiger partial charge is 0.467 e. The maximum atomic E-state index is 12.3. The van der Waals surface area contributed by atoms with Gasteiger partial charge in [0.2, 0.25) is 5.91 Å². The number of ether oxygens (including phenoxy) is 3. The van der Waals surface area contributed by atoms with Crippen molar-refractivity contribution >= 4 is 11.9 Å². The molecule has 2 aliphatic rings. The zero-order valence-corrected chi connectivity index (χ0v) is 12.3. The second-order valence-corrected chi connectivity index (χ2v) is 5.35. The van der Waals surface area contributed by atoms with Crippen LogP contribution in [0.1, 0.15) is 33.1 Å². The van der Waals surface area contributed by atoms with Crippen molar-refractivity contribution in [2.24, 2.45) is 0 Å². The number of likely N-dealkylation sites (tertiary alicyclic amines) is 1. The van der Waals surface area contributed by atoms with Gasteiger partial charge in [0.05, 0.1) is 19.3 Å². The number of nitrogens with zero attached hydrogens (tertiary/aromatic N) is 1. The van der Waals surface area contributed by atoms with Crippen molar-refractivity contribution in [2.75, 3.05) is 20.3 Å². The number of carbonyl (C=O) groups excluding carboxylic acids is 2. The first kappa shape index (κ1) is 15.3. The van der Waals surface area contributed by atoms with Gasteiger partial charge in [-0.05, 0) is 26.7 Å². The minimum atomic E-state index is -0.553. The molecule has 0 aliphatic carbocycles. The van der Waals surface area contributed by atoms with E-state index in [0.29, 0.717) is 13.0 Å². The van der Waals surface area contributed by atoms with Gasteiger partial charge in [-0.25, -0.2) is 4.79 Å². The number of fused-ring (bicyclic) bond motifs is 1. The third kappa shape index (κ3) is 2.96. The molecule has 0 aromatic carbocycles. The molecule has 4 atom stereocenters. The highest BCUT2D eigenvalue weighted by molar-refractivity contribution is 5.79. The van der Waals surface area contributed by atoms with Crippen LogP contribution in [0.4, 0.5) is 0 Å². The number of hydrogen-bond acceptors (Lipinski definition) is 5. The molecule has 1 amide bonds. The van der Waals surface area contributed by atoms with E-state index in [0.717, 1.165) is 12.8 Å². The lowest BCUT2D eigenvalue weighted by atomic mass is 9.92. The van der Waals surface area contributed by atoms with Gasteiger partial charge in [-0.15, -0.1) is 0 Å². The molecule has 6 nitrogen and oxygen atoms in total. The van der Waals surface area contributed by atoms with E-state index in [9.17, 15) is 9.59 Å². The molecule has 0 bridgehead atoms. The minimum Gasteiger partial charge on any atom is -0.467 e. The zero-order valence-electron chi connectivity index (χ0n) is 12.3. The van der Waals surface area contributed by atoms with E-state index in [4.69, 9.17) is 14.2 Å². The molecular weight excluding hydrogens is 262 g/mol. The van der Waals surface area contributed by atoms with Crippen LogP contribution in [0, 0.1) is 0 Å². The Morgan fingerprint density at radius 1 is 1.35 bits per heavy atom. The van der Waals surface area contributed by atoms with Crippen molar-refractivity contribution in [1.29, 1.82) is 0 Å². The van der Waals surface area contributed by atoms with Gasteiger partial charge in [-0.1, -0.05) is 0 Å². The first-order chi connectivity index (χ1) is 9.58. The molecular formula is C14H23NO5. The number of hydrogen-bond donors (Lipinski definition) is 0. The van der Waals surface area contributed by atoms with Gasteiger partial charge < -0.3 is 19.1 Å². The summed E-state index contributed by atoms with van der Waals surface area (Å²) in [6, 6.07) is 0.111. The first-order valence-electron chi connectivity index (χ1n) is 7.20. The van der Waals surface area contributed by atoms with E-state index in [1.165, 1.54) is 7.11 Å². The molecule has 2 rings (SSSR count). The Hall–Kier alpha value is -1.14. The molecule has 0 radical (unpaired) electrons. The molecule has 2 aliphatic heterocycles. The third-order valence-electron chi connectivity index (χ3n) is 4.11. The summed E-state index contributed by atoms with van der Waals surface area (Å²) in [7, 11) is 1.36. The van der Waals surface area contributed by atoms with E-state index >= 15 is 0 Å². The summed E-state index contributed by atoms with van der Waals surface area (Å²) in [6.45, 7) is 4.50. The average Bonchev–Trinajstić information content (AvgIpc) is 2.87. The maximum absolute atomic E-state index is 12.3. The van der Waals surface area contributed by atoms with Gasteiger partial charge in [0.1, 0.15) is 6.61 Å². The molecule has 0 spiro atoms. The van der Waals surface area contributed by atoms with Gasteiger partial charge >= 0.3 is 5.97 Å². The summed E-state index contributed by atoms with van der Waals surface area (Å²) in [4.78, 5) is 25.7. The summed E-state index contributed by atoms with van der Waals surface area (Å²) in [5.41, 5.74) is 0. The van der Waals surface area contributed by atoms with Crippen molar-refractivity contribution in [1.82, 2.24) is 4.90 Å². The van der Waals surface area contributed by atoms with Crippen LogP contribution in [0.5, 0.6) is 0 Å². The molecule has 2 saturated heterocycles. The van der Waals surface area contributed by atoms with Crippen LogP contribution in [0.3, 0.4) is 0 Å². The summed E-state index contributed by atoms with van der Waals surface area (Å²) >= 11 is 0. The normalized spacial score (nSPS) is 32.9. The summed E-state index contributed by atoms with van der Waals surface area (Å²) in [5.74, 6) is -0.382. The molecule has 0 N–H and O–H groups in total. The molecule has 20 heavy (non-hydrogen) atoms. The van der Waals surface area contributed by atoms with Crippen molar-refractivity contribution in [2.45, 2.75) is 57.4 Å². The van der Waals surface area contributed by atoms with Crippen LogP contribution in [-0.2, 0) is 23.8 Å². The smallest absolute Gasteiger partial charge is 0.335 e. The number of methoxy groups -OCH3 is 1. The average molecular weight is 285 g/mol. The molecule has 0 aromatic heterocycles. The van der Waals surface area contributed by atoms with Crippen LogP contribution in [0.2, 0.25) is 0 Å². The lowest BCUT2D eigenvalue weighted by molar-refractivity contribution is -0.154. The Kier molecular flexibility index (Phi) is 4.99. The van der Waals surface area contributed by atoms with Crippen LogP contribution >= 0.6 is 0 Å². The predicted octanol–water partition coefficient (Wildman–Crippen LogP) is 0.733. The number of piperidine rings is 1. The second-order valence-electron chi connectivity index (χ2n) is 5.35. The molecule has 0 saturated carbocycles. The van der Waals surface area contributed by atoms with E-state index in [1.54, 1.807) is 0 Å². The van der Waals surface area contributed by atoms with E-state index in [1.807, 2.05) is 18.7 Å². The lowest BCUT2D eigenvalue weighted by Crippen LogP contribution is -2.54. The lowest BCUT2D eigenvalue weighted by Gasteiger charge is -2.41. The van der Waals surface area contributed by atoms with Gasteiger partial charge in [0, 0.05) is 19.1 Å². The highest BCUT2D eigenvalue weighted by atomic mass is 16.6. The molecule has 0 unspecified atom stereocenters. The first-order valence-corrected chi connectivity index (χ1v) is 7.20. The van der Waals surface area contributed by atoms with Crippen molar-refractivity contribution < 1.29 is 23.8 Å². The second kappa shape index (κ2) is 6.54. The molecule has 6 heteroatoms. The van der Waals surface area contributed by atoms with Crippen LogP contribution < -0.4 is 0 Å². The number of carbonyl (C=O) groups is 2. The Morgan fingerprint density at radius 2 is 2.10 bits per heavy atom. The SMILES string of the molecule is CCOCC(=O)N1[C@H](C)CC[C@@H]2O[C@H](C(=O)OC)C[C@H]21. The van der Waals surface area contributed by atoms with Crippen LogP contribution in [0.15, 0.2) is 0 Å². The number of esters is 1. The highest BCUT2D eigenvalue weighted by Gasteiger charge is 2.47. The van der Waals surface area contributed by atoms with Gasteiger partial charge in [-0.2, -0.15) is 0 Å². The van der Waals surface area contributed by atoms with Crippen molar-refractivity contribution in [3.05, 3.63) is 0 Å². The quantitative estimate of drug-likeness (QED) is 0.713. The van der Waals surface area contributed by atoms with Crippen molar-refractivity contribution in [3.63, 3.8) is 0 Å². The summed E-state index contributed by atoms with van der Waals surface area (Å²) < 4.78 is 15.7. The highest BCUT2D eigenvalue weighted by Crippen LogP contribution is 2.35. The number of amides is 1. The van der Waals surface area contributed by atoms with Gasteiger partial charge in [0.15, 0.2) is 6.10 Å². The Labute approximate surface area is 119 Å². The van der Waals surface area contributed by atoms with Gasteiger partial charge in [0.25, 0.3) is 0 Å².